The lowest BCUT2D eigenvalue weighted by Gasteiger charge is -2.07. The highest BCUT2D eigenvalue weighted by Gasteiger charge is 2.07. The number of hydrogen-bond donors (Lipinski definition) is 1. The molecule has 0 aliphatic heterocycles. The molecule has 0 aliphatic rings. The van der Waals surface area contributed by atoms with Gasteiger partial charge in [0.1, 0.15) is 0 Å². The maximum Gasteiger partial charge on any atom is 0.330 e. The molecule has 2 rings (SSSR count). The van der Waals surface area contributed by atoms with Gasteiger partial charge in [-0.3, -0.25) is 13.9 Å². The predicted octanol–water partition coefficient (Wildman–Crippen LogP) is -0.181. The van der Waals surface area contributed by atoms with Crippen LogP contribution in [0.4, 0.5) is 5.69 Å². The highest BCUT2D eigenvalue weighted by Crippen LogP contribution is 2.11. The van der Waals surface area contributed by atoms with Crippen molar-refractivity contribution in [1.82, 2.24) is 9.13 Å². The Kier molecular flexibility index (Phi) is 1.89. The summed E-state index contributed by atoms with van der Waals surface area (Å²) in [6, 6.07) is 4.90. The van der Waals surface area contributed by atoms with Gasteiger partial charge in [-0.15, -0.1) is 0 Å². The second-order valence-electron chi connectivity index (χ2n) is 3.48. The number of benzene rings is 1. The lowest BCUT2D eigenvalue weighted by Crippen LogP contribution is -2.36. The van der Waals surface area contributed by atoms with Crippen molar-refractivity contribution >= 4 is 16.6 Å². The van der Waals surface area contributed by atoms with Crippen LogP contribution in [-0.4, -0.2) is 9.13 Å². The van der Waals surface area contributed by atoms with Crippen molar-refractivity contribution in [2.24, 2.45) is 14.1 Å². The van der Waals surface area contributed by atoms with Gasteiger partial charge in [-0.25, -0.2) is 4.79 Å². The molecule has 1 heterocycles. The van der Waals surface area contributed by atoms with Gasteiger partial charge >= 0.3 is 5.69 Å². The molecule has 15 heavy (non-hydrogen) atoms. The second-order valence-corrected chi connectivity index (χ2v) is 3.48. The number of nitrogens with two attached hydrogens (primary N) is 1. The zero-order chi connectivity index (χ0) is 11.2. The number of rotatable bonds is 0. The van der Waals surface area contributed by atoms with Gasteiger partial charge in [-0.1, -0.05) is 0 Å². The van der Waals surface area contributed by atoms with E-state index in [1.807, 2.05) is 0 Å². The summed E-state index contributed by atoms with van der Waals surface area (Å²) in [6.07, 6.45) is 0. The number of aromatic nitrogens is 2. The summed E-state index contributed by atoms with van der Waals surface area (Å²) in [5.41, 5.74) is 6.05. The molecule has 0 fully saturated rings. The van der Waals surface area contributed by atoms with Crippen LogP contribution in [0.1, 0.15) is 0 Å². The highest BCUT2D eigenvalue weighted by molar-refractivity contribution is 5.81. The van der Waals surface area contributed by atoms with Gasteiger partial charge in [0.25, 0.3) is 5.56 Å². The topological polar surface area (TPSA) is 70.0 Å². The molecule has 0 atom stereocenters. The minimum absolute atomic E-state index is 0.298. The molecule has 0 radical (unpaired) electrons. The summed E-state index contributed by atoms with van der Waals surface area (Å²) in [6.45, 7) is 0. The third-order valence-electron chi connectivity index (χ3n) is 2.49. The van der Waals surface area contributed by atoms with Gasteiger partial charge in [0.2, 0.25) is 0 Å². The number of nitrogen functional groups attached to an aromatic ring is 1. The predicted molar refractivity (Wildman–Crippen MR) is 58.8 cm³/mol. The lowest BCUT2D eigenvalue weighted by molar-refractivity contribution is 0.714. The number of anilines is 1. The van der Waals surface area contributed by atoms with E-state index in [0.29, 0.717) is 16.6 Å². The number of hydrogen-bond acceptors (Lipinski definition) is 3. The molecule has 78 valence electrons. The lowest BCUT2D eigenvalue weighted by atomic mass is 10.2. The third kappa shape index (κ3) is 1.24. The maximum absolute atomic E-state index is 11.7. The Morgan fingerprint density at radius 3 is 2.47 bits per heavy atom. The molecule has 0 amide bonds. The maximum atomic E-state index is 11.7. The molecule has 0 spiro atoms. The Labute approximate surface area is 85.4 Å². The van der Waals surface area contributed by atoms with Crippen molar-refractivity contribution in [3.63, 3.8) is 0 Å². The first kappa shape index (κ1) is 9.51. The molecule has 1 aromatic heterocycles. The molecule has 0 unspecified atom stereocenters. The van der Waals surface area contributed by atoms with Crippen LogP contribution >= 0.6 is 0 Å². The number of aryl methyl sites for hydroxylation is 1. The number of fused-ring (bicyclic) bond motifs is 1. The monoisotopic (exact) mass is 205 g/mol. The Hall–Kier alpha value is -2.04. The molecular weight excluding hydrogens is 194 g/mol. The molecule has 0 saturated heterocycles. The minimum atomic E-state index is -0.349. The Balaban J connectivity index is 3.15. The van der Waals surface area contributed by atoms with E-state index in [-0.39, 0.29) is 11.2 Å². The van der Waals surface area contributed by atoms with E-state index in [1.165, 1.54) is 11.6 Å². The van der Waals surface area contributed by atoms with Crippen LogP contribution in [0.25, 0.3) is 10.9 Å². The molecule has 0 aliphatic carbocycles. The summed E-state index contributed by atoms with van der Waals surface area (Å²) >= 11 is 0. The Bertz CT molecular complexity index is 652. The highest BCUT2D eigenvalue weighted by atomic mass is 16.2. The van der Waals surface area contributed by atoms with E-state index in [9.17, 15) is 9.59 Å². The zero-order valence-electron chi connectivity index (χ0n) is 8.52. The van der Waals surface area contributed by atoms with E-state index in [2.05, 4.69) is 0 Å². The average Bonchev–Trinajstić information content (AvgIpc) is 2.23. The molecule has 0 bridgehead atoms. The molecule has 2 N–H and O–H groups in total. The van der Waals surface area contributed by atoms with Gasteiger partial charge in [0.05, 0.1) is 10.9 Å². The summed E-state index contributed by atoms with van der Waals surface area (Å²) in [4.78, 5) is 23.3. The van der Waals surface area contributed by atoms with Crippen molar-refractivity contribution in [3.8, 4) is 0 Å². The van der Waals surface area contributed by atoms with Gasteiger partial charge in [-0.2, -0.15) is 0 Å². The fraction of sp³-hybridized carbons (Fsp3) is 0.200. The third-order valence-corrected chi connectivity index (χ3v) is 2.49. The van der Waals surface area contributed by atoms with Crippen molar-refractivity contribution in [1.29, 1.82) is 0 Å². The summed E-state index contributed by atoms with van der Waals surface area (Å²) in [5, 5.41) is 0.494. The zero-order valence-corrected chi connectivity index (χ0v) is 8.52. The van der Waals surface area contributed by atoms with Crippen LogP contribution in [0.5, 0.6) is 0 Å². The van der Waals surface area contributed by atoms with Gasteiger partial charge in [0.15, 0.2) is 0 Å². The van der Waals surface area contributed by atoms with E-state index in [4.69, 9.17) is 5.73 Å². The van der Waals surface area contributed by atoms with Crippen molar-refractivity contribution in [3.05, 3.63) is 39.0 Å². The van der Waals surface area contributed by atoms with Crippen LogP contribution < -0.4 is 17.0 Å². The van der Waals surface area contributed by atoms with Crippen molar-refractivity contribution < 1.29 is 0 Å². The Morgan fingerprint density at radius 1 is 1.13 bits per heavy atom. The van der Waals surface area contributed by atoms with Crippen LogP contribution in [0.3, 0.4) is 0 Å². The van der Waals surface area contributed by atoms with Gasteiger partial charge < -0.3 is 5.73 Å². The average molecular weight is 205 g/mol. The molecule has 5 nitrogen and oxygen atoms in total. The molecule has 5 heteroatoms. The smallest absolute Gasteiger partial charge is 0.330 e. The van der Waals surface area contributed by atoms with E-state index < -0.39 is 0 Å². The van der Waals surface area contributed by atoms with Crippen LogP contribution in [-0.2, 0) is 14.1 Å². The fourth-order valence-corrected chi connectivity index (χ4v) is 1.60. The first-order valence-electron chi connectivity index (χ1n) is 4.47. The molecular formula is C10H11N3O2. The van der Waals surface area contributed by atoms with Crippen molar-refractivity contribution in [2.45, 2.75) is 0 Å². The fourth-order valence-electron chi connectivity index (χ4n) is 1.60. The molecule has 1 aromatic carbocycles. The normalized spacial score (nSPS) is 10.8. The van der Waals surface area contributed by atoms with E-state index >= 15 is 0 Å². The van der Waals surface area contributed by atoms with Crippen molar-refractivity contribution in [2.75, 3.05) is 5.73 Å². The first-order chi connectivity index (χ1) is 7.02. The molecule has 0 saturated carbocycles. The summed E-state index contributed by atoms with van der Waals surface area (Å²) in [5.74, 6) is 0. The molecule has 2 aromatic rings. The SMILES string of the molecule is Cn1c(=O)c2ccc(N)cc2n(C)c1=O. The first-order valence-corrected chi connectivity index (χ1v) is 4.47. The summed E-state index contributed by atoms with van der Waals surface area (Å²) in [7, 11) is 3.07. The number of nitrogens with zero attached hydrogens (tertiary/aromatic N) is 2. The minimum Gasteiger partial charge on any atom is -0.399 e. The van der Waals surface area contributed by atoms with E-state index in [0.717, 1.165) is 4.57 Å². The quantitative estimate of drug-likeness (QED) is 0.606. The standard InChI is InChI=1S/C10H11N3O2/c1-12-8-5-6(11)3-4-7(8)9(14)13(2)10(12)15/h3-5H,11H2,1-2H3. The van der Waals surface area contributed by atoms with Crippen LogP contribution in [0.2, 0.25) is 0 Å². The van der Waals surface area contributed by atoms with Crippen LogP contribution in [0.15, 0.2) is 27.8 Å². The van der Waals surface area contributed by atoms with Gasteiger partial charge in [-0.05, 0) is 18.2 Å². The Morgan fingerprint density at radius 2 is 1.80 bits per heavy atom. The van der Waals surface area contributed by atoms with Crippen LogP contribution in [0, 0.1) is 0 Å². The summed E-state index contributed by atoms with van der Waals surface area (Å²) < 4.78 is 2.49. The largest absolute Gasteiger partial charge is 0.399 e. The van der Waals surface area contributed by atoms with Gasteiger partial charge in [0, 0.05) is 19.8 Å². The van der Waals surface area contributed by atoms with E-state index in [1.54, 1.807) is 25.2 Å². The second kappa shape index (κ2) is 2.98.